The van der Waals surface area contributed by atoms with E-state index in [1.54, 1.807) is 0 Å². The van der Waals surface area contributed by atoms with E-state index in [-0.39, 0.29) is 36.9 Å². The molecule has 0 saturated carbocycles. The van der Waals surface area contributed by atoms with Crippen molar-refractivity contribution in [2.24, 2.45) is 16.8 Å². The van der Waals surface area contributed by atoms with Gasteiger partial charge in [-0.15, -0.1) is 0 Å². The number of ether oxygens (including phenoxy) is 3. The maximum absolute atomic E-state index is 10.8. The van der Waals surface area contributed by atoms with Gasteiger partial charge in [0, 0.05) is 13.8 Å². The van der Waals surface area contributed by atoms with Crippen LogP contribution in [0.2, 0.25) is 0 Å². The maximum Gasteiger partial charge on any atom is 0.302 e. The molecule has 5 nitrogen and oxygen atoms in total. The fraction of sp³-hybridized carbons (Fsp3) is 0.833. The second-order valence-electron chi connectivity index (χ2n) is 4.82. The molecule has 0 radical (unpaired) electrons. The van der Waals surface area contributed by atoms with Gasteiger partial charge in [-0.1, -0.05) is 13.8 Å². The zero-order valence-electron chi connectivity index (χ0n) is 10.7. The molecule has 2 aliphatic rings. The molecule has 0 aromatic carbocycles. The first-order valence-electron chi connectivity index (χ1n) is 5.99. The minimum atomic E-state index is -0.318. The Morgan fingerprint density at radius 1 is 1.41 bits per heavy atom. The quantitative estimate of drug-likeness (QED) is 0.685. The molecule has 17 heavy (non-hydrogen) atoms. The zero-order chi connectivity index (χ0) is 12.6. The van der Waals surface area contributed by atoms with Gasteiger partial charge in [-0.2, -0.15) is 0 Å². The van der Waals surface area contributed by atoms with Gasteiger partial charge in [-0.25, -0.2) is 4.99 Å². The molecule has 2 heterocycles. The number of rotatable bonds is 2. The van der Waals surface area contributed by atoms with Crippen LogP contribution in [0.4, 0.5) is 0 Å². The number of fused-ring (bicyclic) bond motifs is 1. The number of esters is 1. The average Bonchev–Trinajstić information content (AvgIpc) is 2.62. The molecule has 2 aliphatic heterocycles. The lowest BCUT2D eigenvalue weighted by molar-refractivity contribution is -0.202. The van der Waals surface area contributed by atoms with Crippen LogP contribution < -0.4 is 0 Å². The molecule has 1 fully saturated rings. The number of nitrogens with zero attached hydrogens (tertiary/aromatic N) is 1. The normalized spacial score (nSPS) is 40.2. The van der Waals surface area contributed by atoms with Crippen molar-refractivity contribution < 1.29 is 19.0 Å². The zero-order valence-corrected chi connectivity index (χ0v) is 10.7. The molecule has 0 aromatic rings. The summed E-state index contributed by atoms with van der Waals surface area (Å²) in [6, 6.07) is 0.0681. The van der Waals surface area contributed by atoms with Crippen molar-refractivity contribution in [2.45, 2.75) is 46.1 Å². The Hall–Kier alpha value is -1.10. The van der Waals surface area contributed by atoms with Gasteiger partial charge in [0.15, 0.2) is 5.90 Å². The first-order chi connectivity index (χ1) is 7.99. The summed E-state index contributed by atoms with van der Waals surface area (Å²) in [7, 11) is 0. The second-order valence-corrected chi connectivity index (χ2v) is 4.82. The smallest absolute Gasteiger partial charge is 0.302 e. The summed E-state index contributed by atoms with van der Waals surface area (Å²) in [4.78, 5) is 15.3. The number of hydrogen-bond acceptors (Lipinski definition) is 5. The van der Waals surface area contributed by atoms with Gasteiger partial charge in [-0.3, -0.25) is 4.79 Å². The van der Waals surface area contributed by atoms with E-state index >= 15 is 0 Å². The molecule has 0 N–H and O–H groups in total. The predicted molar refractivity (Wildman–Crippen MR) is 61.6 cm³/mol. The number of carbonyl (C=O) groups is 1. The highest BCUT2D eigenvalue weighted by molar-refractivity contribution is 5.75. The van der Waals surface area contributed by atoms with Gasteiger partial charge in [0.25, 0.3) is 0 Å². The minimum absolute atomic E-state index is 0.0681. The van der Waals surface area contributed by atoms with Crippen molar-refractivity contribution in [1.29, 1.82) is 0 Å². The lowest BCUT2D eigenvalue weighted by Gasteiger charge is -2.39. The van der Waals surface area contributed by atoms with E-state index in [2.05, 4.69) is 18.8 Å². The van der Waals surface area contributed by atoms with E-state index in [9.17, 15) is 4.79 Å². The molecule has 5 heteroatoms. The summed E-state index contributed by atoms with van der Waals surface area (Å²) < 4.78 is 16.3. The molecule has 0 aromatic heterocycles. The Morgan fingerprint density at radius 3 is 2.76 bits per heavy atom. The Morgan fingerprint density at radius 2 is 2.12 bits per heavy atom. The van der Waals surface area contributed by atoms with Gasteiger partial charge in [0.05, 0.1) is 6.10 Å². The Kier molecular flexibility index (Phi) is 3.38. The number of aliphatic imine (C=N–C) groups is 1. The lowest BCUT2D eigenvalue weighted by atomic mass is 9.83. The topological polar surface area (TPSA) is 57.1 Å². The highest BCUT2D eigenvalue weighted by Gasteiger charge is 2.45. The minimum Gasteiger partial charge on any atom is -0.463 e. The first-order valence-corrected chi connectivity index (χ1v) is 5.99. The molecule has 2 rings (SSSR count). The lowest BCUT2D eigenvalue weighted by Crippen LogP contribution is -2.49. The molecule has 5 atom stereocenters. The van der Waals surface area contributed by atoms with E-state index in [4.69, 9.17) is 14.2 Å². The van der Waals surface area contributed by atoms with E-state index in [1.165, 1.54) is 6.92 Å². The fourth-order valence-electron chi connectivity index (χ4n) is 2.35. The van der Waals surface area contributed by atoms with Gasteiger partial charge >= 0.3 is 5.97 Å². The summed E-state index contributed by atoms with van der Waals surface area (Å²) in [6.07, 6.45) is -0.432. The van der Waals surface area contributed by atoms with Crippen LogP contribution in [0.3, 0.4) is 0 Å². The first kappa shape index (κ1) is 12.4. The van der Waals surface area contributed by atoms with Crippen molar-refractivity contribution in [3.8, 4) is 0 Å². The van der Waals surface area contributed by atoms with Crippen LogP contribution in [0.25, 0.3) is 0 Å². The molecule has 0 bridgehead atoms. The van der Waals surface area contributed by atoms with E-state index < -0.39 is 0 Å². The van der Waals surface area contributed by atoms with Crippen molar-refractivity contribution in [3.05, 3.63) is 0 Å². The van der Waals surface area contributed by atoms with Crippen molar-refractivity contribution in [1.82, 2.24) is 0 Å². The maximum atomic E-state index is 10.8. The summed E-state index contributed by atoms with van der Waals surface area (Å²) in [5.41, 5.74) is 0. The van der Waals surface area contributed by atoms with Crippen LogP contribution in [0, 0.1) is 11.8 Å². The Balaban J connectivity index is 2.01. The Bertz CT molecular complexity index is 341. The summed E-state index contributed by atoms with van der Waals surface area (Å²) in [6.45, 7) is 7.75. The number of carbonyl (C=O) groups excluding carboxylic acids is 1. The van der Waals surface area contributed by atoms with Gasteiger partial charge in [0.2, 0.25) is 6.29 Å². The third-order valence-corrected chi connectivity index (χ3v) is 3.61. The monoisotopic (exact) mass is 241 g/mol. The van der Waals surface area contributed by atoms with Gasteiger partial charge in [0.1, 0.15) is 12.6 Å². The van der Waals surface area contributed by atoms with Crippen LogP contribution in [0.1, 0.15) is 27.7 Å². The molecule has 0 spiro atoms. The molecular formula is C12H19NO4. The van der Waals surface area contributed by atoms with Crippen molar-refractivity contribution >= 4 is 11.9 Å². The van der Waals surface area contributed by atoms with Crippen molar-refractivity contribution in [3.63, 3.8) is 0 Å². The average molecular weight is 241 g/mol. The Labute approximate surface area is 101 Å². The van der Waals surface area contributed by atoms with Crippen LogP contribution in [0.15, 0.2) is 4.99 Å². The molecular weight excluding hydrogens is 222 g/mol. The highest BCUT2D eigenvalue weighted by atomic mass is 16.7. The molecule has 0 unspecified atom stereocenters. The van der Waals surface area contributed by atoms with E-state index in [0.717, 1.165) is 0 Å². The van der Waals surface area contributed by atoms with Gasteiger partial charge in [-0.05, 0) is 11.8 Å². The SMILES string of the molecule is CC(=O)OC[C@H]1O[C@@H]2OC(C)=N[C@@H]2[C@@H](C)[C@H]1C. The van der Waals surface area contributed by atoms with Crippen LogP contribution >= 0.6 is 0 Å². The fourth-order valence-corrected chi connectivity index (χ4v) is 2.35. The van der Waals surface area contributed by atoms with Crippen LogP contribution in [-0.2, 0) is 19.0 Å². The van der Waals surface area contributed by atoms with E-state index in [1.807, 2.05) is 6.92 Å². The molecule has 0 amide bonds. The third kappa shape index (κ3) is 2.44. The summed E-state index contributed by atoms with van der Waals surface area (Å²) in [5.74, 6) is 1.03. The third-order valence-electron chi connectivity index (χ3n) is 3.61. The van der Waals surface area contributed by atoms with E-state index in [0.29, 0.717) is 11.8 Å². The number of hydrogen-bond donors (Lipinski definition) is 0. The predicted octanol–water partition coefficient (Wildman–Crippen LogP) is 1.36. The second kappa shape index (κ2) is 4.64. The standard InChI is InChI=1S/C12H19NO4/c1-6-7(2)11-12(16-8(3)13-11)17-10(6)5-15-9(4)14/h6-7,10-12H,5H2,1-4H3/t6-,7+,10-,11-,12+/m1/s1. The largest absolute Gasteiger partial charge is 0.463 e. The summed E-state index contributed by atoms with van der Waals surface area (Å²) in [5, 5.41) is 0. The molecule has 1 saturated heterocycles. The van der Waals surface area contributed by atoms with Gasteiger partial charge < -0.3 is 14.2 Å². The van der Waals surface area contributed by atoms with Crippen LogP contribution in [-0.4, -0.2) is 36.9 Å². The van der Waals surface area contributed by atoms with Crippen molar-refractivity contribution in [2.75, 3.05) is 6.61 Å². The summed E-state index contributed by atoms with van der Waals surface area (Å²) >= 11 is 0. The molecule has 96 valence electrons. The van der Waals surface area contributed by atoms with Crippen LogP contribution in [0.5, 0.6) is 0 Å². The highest BCUT2D eigenvalue weighted by Crippen LogP contribution is 2.36. The molecule has 0 aliphatic carbocycles.